The van der Waals surface area contributed by atoms with Crippen LogP contribution >= 0.6 is 11.8 Å². The molecule has 0 fully saturated rings. The quantitative estimate of drug-likeness (QED) is 0.786. The largest absolute Gasteiger partial charge is 0.388 e. The van der Waals surface area contributed by atoms with Crippen LogP contribution in [-0.4, -0.2) is 10.4 Å². The second kappa shape index (κ2) is 4.58. The van der Waals surface area contributed by atoms with E-state index in [4.69, 9.17) is 0 Å². The predicted molar refractivity (Wildman–Crippen MR) is 66.2 cm³/mol. The summed E-state index contributed by atoms with van der Waals surface area (Å²) in [5.74, 6) is 1.04. The van der Waals surface area contributed by atoms with Crippen LogP contribution in [0.3, 0.4) is 0 Å². The van der Waals surface area contributed by atoms with Crippen molar-refractivity contribution in [2.45, 2.75) is 43.8 Å². The molecule has 2 atom stereocenters. The number of aliphatic hydroxyl groups is 1. The number of hydrogen-bond acceptors (Lipinski definition) is 2. The lowest BCUT2D eigenvalue weighted by molar-refractivity contribution is 0.168. The summed E-state index contributed by atoms with van der Waals surface area (Å²) < 4.78 is 0. The minimum absolute atomic E-state index is 0.267. The topological polar surface area (TPSA) is 20.2 Å². The molecule has 1 aromatic carbocycles. The third kappa shape index (κ3) is 2.37. The van der Waals surface area contributed by atoms with E-state index in [1.807, 2.05) is 11.8 Å². The Morgan fingerprint density at radius 1 is 1.47 bits per heavy atom. The number of thioether (sulfide) groups is 1. The van der Waals surface area contributed by atoms with Gasteiger partial charge in [-0.3, -0.25) is 0 Å². The van der Waals surface area contributed by atoms with E-state index < -0.39 is 0 Å². The van der Waals surface area contributed by atoms with Gasteiger partial charge in [0.25, 0.3) is 0 Å². The molecule has 82 valence electrons. The molecule has 1 heterocycles. The van der Waals surface area contributed by atoms with Gasteiger partial charge in [-0.15, -0.1) is 0 Å². The number of fused-ring (bicyclic) bond motifs is 1. The minimum Gasteiger partial charge on any atom is -0.388 e. The van der Waals surface area contributed by atoms with Crippen molar-refractivity contribution in [2.24, 2.45) is 0 Å². The highest BCUT2D eigenvalue weighted by atomic mass is 32.2. The number of aryl methyl sites for hydroxylation is 1. The van der Waals surface area contributed by atoms with Crippen molar-refractivity contribution in [2.75, 3.05) is 0 Å². The molecule has 1 nitrogen and oxygen atoms in total. The normalized spacial score (nSPS) is 25.8. The van der Waals surface area contributed by atoms with Crippen molar-refractivity contribution < 1.29 is 5.11 Å². The van der Waals surface area contributed by atoms with Crippen LogP contribution in [0.1, 0.15) is 43.1 Å². The van der Waals surface area contributed by atoms with Crippen LogP contribution in [0.15, 0.2) is 18.2 Å². The summed E-state index contributed by atoms with van der Waals surface area (Å²) in [6.07, 6.45) is 1.66. The molecule has 0 aromatic heterocycles. The van der Waals surface area contributed by atoms with E-state index in [1.165, 1.54) is 11.1 Å². The molecular formula is C13H18OS. The molecule has 1 aliphatic rings. The fourth-order valence-corrected chi connectivity index (χ4v) is 3.09. The highest BCUT2D eigenvalue weighted by Crippen LogP contribution is 2.35. The van der Waals surface area contributed by atoms with E-state index in [0.717, 1.165) is 24.2 Å². The van der Waals surface area contributed by atoms with Crippen molar-refractivity contribution in [1.82, 2.24) is 0 Å². The van der Waals surface area contributed by atoms with E-state index in [9.17, 15) is 5.11 Å². The van der Waals surface area contributed by atoms with Crippen LogP contribution in [0.25, 0.3) is 0 Å². The standard InChI is InChI=1S/C13H18OS/c1-3-10-4-5-11-8-15-9(2)6-13(14)12(11)7-10/h4-5,7,9,13-14H,3,6,8H2,1-2H3/t9?,13-/m1/s1. The molecule has 1 aliphatic heterocycles. The highest BCUT2D eigenvalue weighted by Gasteiger charge is 2.20. The molecular weight excluding hydrogens is 204 g/mol. The van der Waals surface area contributed by atoms with Crippen molar-refractivity contribution >= 4 is 11.8 Å². The highest BCUT2D eigenvalue weighted by molar-refractivity contribution is 7.99. The summed E-state index contributed by atoms with van der Waals surface area (Å²) in [7, 11) is 0. The van der Waals surface area contributed by atoms with Crippen molar-refractivity contribution in [3.63, 3.8) is 0 Å². The first-order valence-electron chi connectivity index (χ1n) is 5.62. The van der Waals surface area contributed by atoms with Crippen LogP contribution in [0.2, 0.25) is 0 Å². The zero-order valence-corrected chi connectivity index (χ0v) is 10.2. The molecule has 0 spiro atoms. The van der Waals surface area contributed by atoms with Crippen molar-refractivity contribution in [1.29, 1.82) is 0 Å². The lowest BCUT2D eigenvalue weighted by Crippen LogP contribution is -2.04. The first-order valence-corrected chi connectivity index (χ1v) is 6.67. The molecule has 0 amide bonds. The van der Waals surface area contributed by atoms with Gasteiger partial charge in [0.05, 0.1) is 6.10 Å². The number of rotatable bonds is 1. The first kappa shape index (κ1) is 11.0. The minimum atomic E-state index is -0.267. The Labute approximate surface area is 95.9 Å². The molecule has 0 aliphatic carbocycles. The average molecular weight is 222 g/mol. The van der Waals surface area contributed by atoms with Crippen LogP contribution in [0, 0.1) is 0 Å². The third-order valence-corrected chi connectivity index (χ3v) is 4.30. The maximum absolute atomic E-state index is 10.1. The van der Waals surface area contributed by atoms with Crippen LogP contribution in [0.5, 0.6) is 0 Å². The lowest BCUT2D eigenvalue weighted by Gasteiger charge is -2.13. The second-order valence-electron chi connectivity index (χ2n) is 4.26. The zero-order chi connectivity index (χ0) is 10.8. The predicted octanol–water partition coefficient (Wildman–Crippen LogP) is 3.31. The van der Waals surface area contributed by atoms with Crippen LogP contribution in [0.4, 0.5) is 0 Å². The van der Waals surface area contributed by atoms with Gasteiger partial charge in [-0.25, -0.2) is 0 Å². The summed E-state index contributed by atoms with van der Waals surface area (Å²) in [6, 6.07) is 6.54. The Morgan fingerprint density at radius 3 is 3.00 bits per heavy atom. The summed E-state index contributed by atoms with van der Waals surface area (Å²) in [4.78, 5) is 0. The molecule has 1 aromatic rings. The van der Waals surface area contributed by atoms with E-state index in [1.54, 1.807) is 0 Å². The maximum Gasteiger partial charge on any atom is 0.0803 e. The van der Waals surface area contributed by atoms with Gasteiger partial charge in [0.2, 0.25) is 0 Å². The number of benzene rings is 1. The first-order chi connectivity index (χ1) is 7.20. The molecule has 1 N–H and O–H groups in total. The molecule has 0 bridgehead atoms. The van der Waals surface area contributed by atoms with E-state index in [0.29, 0.717) is 5.25 Å². The number of hydrogen-bond donors (Lipinski definition) is 1. The Balaban J connectivity index is 2.36. The zero-order valence-electron chi connectivity index (χ0n) is 9.36. The lowest BCUT2D eigenvalue weighted by atomic mass is 9.97. The molecule has 0 saturated carbocycles. The van der Waals surface area contributed by atoms with Crippen molar-refractivity contribution in [3.05, 3.63) is 34.9 Å². The van der Waals surface area contributed by atoms with Gasteiger partial charge in [0.1, 0.15) is 0 Å². The second-order valence-corrected chi connectivity index (χ2v) is 5.69. The third-order valence-electron chi connectivity index (χ3n) is 3.06. The SMILES string of the molecule is CCc1ccc2c(c1)[C@H](O)CC(C)SC2. The van der Waals surface area contributed by atoms with Gasteiger partial charge in [0, 0.05) is 11.0 Å². The number of aliphatic hydroxyl groups excluding tert-OH is 1. The van der Waals surface area contributed by atoms with E-state index in [-0.39, 0.29) is 6.10 Å². The fourth-order valence-electron chi connectivity index (χ4n) is 2.05. The Kier molecular flexibility index (Phi) is 3.37. The van der Waals surface area contributed by atoms with Gasteiger partial charge in [0.15, 0.2) is 0 Å². The van der Waals surface area contributed by atoms with Gasteiger partial charge in [-0.2, -0.15) is 11.8 Å². The molecule has 2 rings (SSSR count). The van der Waals surface area contributed by atoms with E-state index in [2.05, 4.69) is 32.0 Å². The molecule has 15 heavy (non-hydrogen) atoms. The van der Waals surface area contributed by atoms with Gasteiger partial charge >= 0.3 is 0 Å². The Bertz CT molecular complexity index is 348. The van der Waals surface area contributed by atoms with Crippen LogP contribution in [-0.2, 0) is 12.2 Å². The Hall–Kier alpha value is -0.470. The maximum atomic E-state index is 10.1. The smallest absolute Gasteiger partial charge is 0.0803 e. The summed E-state index contributed by atoms with van der Waals surface area (Å²) >= 11 is 1.94. The Morgan fingerprint density at radius 2 is 2.27 bits per heavy atom. The van der Waals surface area contributed by atoms with E-state index >= 15 is 0 Å². The average Bonchev–Trinajstić information content (AvgIpc) is 2.38. The summed E-state index contributed by atoms with van der Waals surface area (Å²) in [5.41, 5.74) is 3.80. The summed E-state index contributed by atoms with van der Waals surface area (Å²) in [5, 5.41) is 10.7. The monoisotopic (exact) mass is 222 g/mol. The molecule has 0 radical (unpaired) electrons. The van der Waals surface area contributed by atoms with Crippen molar-refractivity contribution in [3.8, 4) is 0 Å². The molecule has 1 unspecified atom stereocenters. The van der Waals surface area contributed by atoms with Gasteiger partial charge in [-0.1, -0.05) is 32.0 Å². The van der Waals surface area contributed by atoms with Crippen LogP contribution < -0.4 is 0 Å². The van der Waals surface area contributed by atoms with Gasteiger partial charge in [-0.05, 0) is 29.5 Å². The molecule has 2 heteroatoms. The fraction of sp³-hybridized carbons (Fsp3) is 0.538. The molecule has 0 saturated heterocycles. The van der Waals surface area contributed by atoms with Gasteiger partial charge < -0.3 is 5.11 Å². The summed E-state index contributed by atoms with van der Waals surface area (Å²) in [6.45, 7) is 4.35.